The molecule has 18 aromatic carbocycles. The molecule has 0 radical (unpaired) electrons. The number of fused-ring (bicyclic) bond motifs is 12. The molecule has 0 fully saturated rings. The Labute approximate surface area is 682 Å². The van der Waals surface area contributed by atoms with E-state index >= 15 is 0 Å². The molecule has 0 aliphatic heterocycles. The minimum Gasteiger partial charge on any atom is -0.456 e. The first-order valence-electron chi connectivity index (χ1n) is 38.9. The van der Waals surface area contributed by atoms with E-state index in [0.29, 0.717) is 0 Å². The van der Waals surface area contributed by atoms with E-state index in [0.717, 1.165) is 88.2 Å². The van der Waals surface area contributed by atoms with Crippen LogP contribution in [0.5, 0.6) is 0 Å². The number of benzene rings is 18. The normalized spacial score (nSPS) is 11.2. The van der Waals surface area contributed by atoms with Gasteiger partial charge in [0.05, 0.1) is 22.1 Å². The van der Waals surface area contributed by atoms with Crippen LogP contribution in [-0.4, -0.2) is 9.13 Å². The van der Waals surface area contributed by atoms with Gasteiger partial charge in [-0.05, 0) is 224 Å². The highest BCUT2D eigenvalue weighted by atomic mass is 79.9. The second-order valence-electron chi connectivity index (χ2n) is 29.0. The van der Waals surface area contributed by atoms with Crippen LogP contribution in [0.1, 0.15) is 7.43 Å². The standard InChI is InChI=1S/C54H36N2O.C36H22BrNO.C18H15N.CH4/c1-3-12-37(13-4-1)38-22-27-44(28-23-38)55(43-16-5-2-6-17-43)45-29-24-39(25-30-45)40-14-11-15-41(34-40)42-26-33-52-50(35-42)47-18-7-9-20-51(47)56(52)46-31-32-49-48-19-8-10-21-53(48)57-54(49)36-46;37-27-15-12-23(13-16-27)24-6-5-7-25(20-24)26-14-19-34-32(21-26)29-8-1-3-10-33(29)38(34)28-17-18-31-30-9-2-4-11-35(30)39-36(31)22-28;1-3-7-15(8-4-1)16-11-13-18(14-12-16)19-17-9-5-2-6-10-17;/h1-36H;1-22H;1-14,19H;1H4. The Bertz CT molecular complexity index is 7270. The summed E-state index contributed by atoms with van der Waals surface area (Å²) in [6, 6.07) is 155. The Morgan fingerprint density at radius 3 is 0.966 bits per heavy atom. The van der Waals surface area contributed by atoms with Crippen LogP contribution in [-0.2, 0) is 0 Å². The third-order valence-electron chi connectivity index (χ3n) is 21.9. The number of aromatic nitrogens is 2. The largest absolute Gasteiger partial charge is 0.456 e. The van der Waals surface area contributed by atoms with Crippen LogP contribution in [0.15, 0.2) is 450 Å². The highest BCUT2D eigenvalue weighted by molar-refractivity contribution is 9.10. The van der Waals surface area contributed by atoms with Gasteiger partial charge in [0.2, 0.25) is 0 Å². The molecular formula is C109H77BrN4O2. The summed E-state index contributed by atoms with van der Waals surface area (Å²) >= 11 is 3.54. The number of anilines is 5. The lowest BCUT2D eigenvalue weighted by Gasteiger charge is -2.26. The molecule has 22 rings (SSSR count). The summed E-state index contributed by atoms with van der Waals surface area (Å²) in [5, 5.41) is 12.9. The molecule has 7 heteroatoms. The number of furan rings is 2. The first-order valence-corrected chi connectivity index (χ1v) is 39.6. The quantitative estimate of drug-likeness (QED) is 0.125. The van der Waals surface area contributed by atoms with E-state index in [-0.39, 0.29) is 7.43 Å². The van der Waals surface area contributed by atoms with Crippen molar-refractivity contribution in [2.45, 2.75) is 7.43 Å². The molecule has 0 aliphatic rings. The van der Waals surface area contributed by atoms with Crippen molar-refractivity contribution in [3.8, 4) is 78.1 Å². The van der Waals surface area contributed by atoms with Crippen LogP contribution >= 0.6 is 15.9 Å². The van der Waals surface area contributed by atoms with E-state index in [1.165, 1.54) is 110 Å². The summed E-state index contributed by atoms with van der Waals surface area (Å²) in [7, 11) is 0. The minimum absolute atomic E-state index is 0. The second-order valence-corrected chi connectivity index (χ2v) is 29.9. The van der Waals surface area contributed by atoms with E-state index in [1.807, 2.05) is 48.5 Å². The third kappa shape index (κ3) is 14.0. The summed E-state index contributed by atoms with van der Waals surface area (Å²) in [4.78, 5) is 2.31. The lowest BCUT2D eigenvalue weighted by Crippen LogP contribution is -2.09. The van der Waals surface area contributed by atoms with E-state index in [2.05, 4.69) is 424 Å². The molecule has 22 aromatic rings. The van der Waals surface area contributed by atoms with E-state index < -0.39 is 0 Å². The first kappa shape index (κ1) is 71.5. The number of nitrogens with one attached hydrogen (secondary N) is 1. The van der Waals surface area contributed by atoms with Crippen LogP contribution in [0.25, 0.3) is 166 Å². The number of nitrogens with zero attached hydrogens (tertiary/aromatic N) is 3. The summed E-state index contributed by atoms with van der Waals surface area (Å²) in [5.74, 6) is 0. The highest BCUT2D eigenvalue weighted by Gasteiger charge is 2.20. The van der Waals surface area contributed by atoms with Crippen LogP contribution in [0.4, 0.5) is 28.4 Å². The molecule has 0 spiro atoms. The van der Waals surface area contributed by atoms with Gasteiger partial charge in [-0.25, -0.2) is 0 Å². The number of halogens is 1. The molecular weight excluding hydrogens is 1480 g/mol. The highest BCUT2D eigenvalue weighted by Crippen LogP contribution is 2.43. The zero-order valence-electron chi connectivity index (χ0n) is 62.6. The number of hydrogen-bond donors (Lipinski definition) is 1. The van der Waals surface area contributed by atoms with E-state index in [9.17, 15) is 0 Å². The molecule has 6 nitrogen and oxygen atoms in total. The number of para-hydroxylation sites is 6. The first-order chi connectivity index (χ1) is 56.9. The Kier molecular flexibility index (Phi) is 19.4. The third-order valence-corrected chi connectivity index (χ3v) is 22.4. The molecule has 0 atom stereocenters. The molecule has 116 heavy (non-hydrogen) atoms. The Morgan fingerprint density at radius 2 is 0.509 bits per heavy atom. The molecule has 0 bridgehead atoms. The topological polar surface area (TPSA) is 51.4 Å². The van der Waals surface area contributed by atoms with Gasteiger partial charge in [-0.15, -0.1) is 0 Å². The van der Waals surface area contributed by atoms with Gasteiger partial charge >= 0.3 is 0 Å². The summed E-state index contributed by atoms with van der Waals surface area (Å²) < 4.78 is 18.3. The Balaban J connectivity index is 0.000000131. The predicted molar refractivity (Wildman–Crippen MR) is 494 cm³/mol. The molecule has 0 amide bonds. The van der Waals surface area contributed by atoms with Gasteiger partial charge in [0.1, 0.15) is 22.3 Å². The predicted octanol–water partition coefficient (Wildman–Crippen LogP) is 31.7. The molecule has 0 aliphatic carbocycles. The van der Waals surface area contributed by atoms with E-state index in [4.69, 9.17) is 8.83 Å². The van der Waals surface area contributed by atoms with Crippen molar-refractivity contribution in [1.82, 2.24) is 9.13 Å². The molecule has 0 saturated heterocycles. The van der Waals surface area contributed by atoms with Crippen molar-refractivity contribution >= 4 is 132 Å². The van der Waals surface area contributed by atoms with Crippen LogP contribution in [0.3, 0.4) is 0 Å². The number of rotatable bonds is 13. The van der Waals surface area contributed by atoms with Crippen molar-refractivity contribution < 1.29 is 8.83 Å². The second kappa shape index (κ2) is 31.4. The maximum absolute atomic E-state index is 6.30. The van der Waals surface area contributed by atoms with Gasteiger partial charge in [0.25, 0.3) is 0 Å². The van der Waals surface area contributed by atoms with Crippen molar-refractivity contribution in [3.63, 3.8) is 0 Å². The van der Waals surface area contributed by atoms with Gasteiger partial charge in [-0.3, -0.25) is 0 Å². The molecule has 552 valence electrons. The lowest BCUT2D eigenvalue weighted by molar-refractivity contribution is 0.668. The fraction of sp³-hybridized carbons (Fsp3) is 0.00917. The molecule has 4 heterocycles. The fourth-order valence-corrected chi connectivity index (χ4v) is 16.6. The smallest absolute Gasteiger partial charge is 0.137 e. The zero-order valence-corrected chi connectivity index (χ0v) is 64.2. The van der Waals surface area contributed by atoms with Gasteiger partial charge < -0.3 is 28.2 Å². The number of hydrogen-bond acceptors (Lipinski definition) is 4. The average Bonchev–Trinajstić information content (AvgIpc) is 1.59. The van der Waals surface area contributed by atoms with Crippen molar-refractivity contribution in [1.29, 1.82) is 0 Å². The maximum Gasteiger partial charge on any atom is 0.137 e. The van der Waals surface area contributed by atoms with Crippen molar-refractivity contribution in [2.75, 3.05) is 10.2 Å². The maximum atomic E-state index is 6.30. The monoisotopic (exact) mass is 1550 g/mol. The van der Waals surface area contributed by atoms with Gasteiger partial charge in [-0.2, -0.15) is 0 Å². The average molecular weight is 1550 g/mol. The van der Waals surface area contributed by atoms with Crippen LogP contribution in [0, 0.1) is 0 Å². The lowest BCUT2D eigenvalue weighted by atomic mass is 9.97. The molecule has 4 aromatic heterocycles. The summed E-state index contributed by atoms with van der Waals surface area (Å²) in [6.45, 7) is 0. The molecule has 0 unspecified atom stereocenters. The van der Waals surface area contributed by atoms with Crippen LogP contribution in [0.2, 0.25) is 0 Å². The van der Waals surface area contributed by atoms with E-state index in [1.54, 1.807) is 0 Å². The van der Waals surface area contributed by atoms with Crippen LogP contribution < -0.4 is 10.2 Å². The SMILES string of the molecule is Brc1ccc(-c2cccc(-c3ccc4c(c3)c3ccccc3n4-c3ccc4c(c3)oc3ccccc34)c2)cc1.C.c1ccc(-c2ccc(N(c3ccccc3)c3ccc(-c4cccc(-c5ccc6c(c5)c5ccccc5n6-c5ccc6c(c5)oc5ccccc56)c4)cc3)cc2)cc1.c1ccc(Nc2ccc(-c3ccccc3)cc2)cc1. The Hall–Kier alpha value is -14.8. The fourth-order valence-electron chi connectivity index (χ4n) is 16.3. The molecule has 1 N–H and O–H groups in total. The zero-order chi connectivity index (χ0) is 76.5. The van der Waals surface area contributed by atoms with Crippen molar-refractivity contribution in [3.05, 3.63) is 441 Å². The minimum atomic E-state index is 0. The van der Waals surface area contributed by atoms with Gasteiger partial charge in [0, 0.05) is 99.5 Å². The van der Waals surface area contributed by atoms with Gasteiger partial charge in [-0.1, -0.05) is 290 Å². The summed E-state index contributed by atoms with van der Waals surface area (Å²) in [6.07, 6.45) is 0. The summed E-state index contributed by atoms with van der Waals surface area (Å²) in [5.41, 5.74) is 30.5. The molecule has 0 saturated carbocycles. The van der Waals surface area contributed by atoms with Crippen molar-refractivity contribution in [2.24, 2.45) is 0 Å². The Morgan fingerprint density at radius 1 is 0.207 bits per heavy atom. The van der Waals surface area contributed by atoms with Gasteiger partial charge in [0.15, 0.2) is 0 Å².